The van der Waals surface area contributed by atoms with Crippen LogP contribution in [-0.2, 0) is 0 Å². The number of aromatic carboxylic acids is 1. The van der Waals surface area contributed by atoms with Gasteiger partial charge in [-0.05, 0) is 51.2 Å². The Hall–Kier alpha value is -2.37. The van der Waals surface area contributed by atoms with Crippen molar-refractivity contribution in [3.05, 3.63) is 41.2 Å². The predicted octanol–water partition coefficient (Wildman–Crippen LogP) is 3.77. The van der Waals surface area contributed by atoms with Gasteiger partial charge in [-0.3, -0.25) is 0 Å². The quantitative estimate of drug-likeness (QED) is 0.868. The second-order valence-electron chi connectivity index (χ2n) is 6.56. The molecule has 0 saturated heterocycles. The van der Waals surface area contributed by atoms with Gasteiger partial charge in [-0.2, -0.15) is 0 Å². The summed E-state index contributed by atoms with van der Waals surface area (Å²) in [5, 5.41) is 12.5. The third-order valence-corrected chi connectivity index (χ3v) is 4.79. The van der Waals surface area contributed by atoms with Crippen LogP contribution in [0.2, 0.25) is 0 Å². The number of carbonyl (C=O) groups is 1. The molecule has 2 heterocycles. The van der Waals surface area contributed by atoms with Crippen molar-refractivity contribution in [2.75, 3.05) is 11.9 Å². The Balaban J connectivity index is 1.62. The van der Waals surface area contributed by atoms with Crippen LogP contribution in [0.25, 0.3) is 0 Å². The SMILES string of the molecule is Cc1ccc([C@H]2CCCC(CNc3ncnc(C(=O)O)c3C)C2)o1. The van der Waals surface area contributed by atoms with Crippen molar-refractivity contribution in [3.63, 3.8) is 0 Å². The second kappa shape index (κ2) is 7.03. The van der Waals surface area contributed by atoms with Gasteiger partial charge in [0.2, 0.25) is 0 Å². The van der Waals surface area contributed by atoms with Crippen LogP contribution < -0.4 is 5.32 Å². The van der Waals surface area contributed by atoms with Gasteiger partial charge in [0.25, 0.3) is 0 Å². The molecule has 1 unspecified atom stereocenters. The summed E-state index contributed by atoms with van der Waals surface area (Å²) >= 11 is 0. The van der Waals surface area contributed by atoms with Gasteiger partial charge in [-0.1, -0.05) is 6.42 Å². The number of aromatic nitrogens is 2. The Labute approximate surface area is 141 Å². The number of hydrogen-bond acceptors (Lipinski definition) is 5. The van der Waals surface area contributed by atoms with Crippen LogP contribution >= 0.6 is 0 Å². The molecule has 1 aliphatic rings. The summed E-state index contributed by atoms with van der Waals surface area (Å²) in [5.41, 5.74) is 0.638. The molecule has 2 atom stereocenters. The monoisotopic (exact) mass is 329 g/mol. The molecule has 0 aromatic carbocycles. The number of carboxylic acids is 1. The van der Waals surface area contributed by atoms with E-state index >= 15 is 0 Å². The zero-order chi connectivity index (χ0) is 17.1. The van der Waals surface area contributed by atoms with Gasteiger partial charge < -0.3 is 14.8 Å². The first-order chi connectivity index (χ1) is 11.5. The lowest BCUT2D eigenvalue weighted by Crippen LogP contribution is -2.22. The molecule has 0 bridgehead atoms. The normalized spacial score (nSPS) is 20.8. The number of aryl methyl sites for hydroxylation is 1. The number of rotatable bonds is 5. The van der Waals surface area contributed by atoms with Crippen molar-refractivity contribution in [1.82, 2.24) is 9.97 Å². The Bertz CT molecular complexity index is 726. The predicted molar refractivity (Wildman–Crippen MR) is 90.4 cm³/mol. The molecule has 3 rings (SSSR count). The molecule has 2 aromatic heterocycles. The molecule has 6 nitrogen and oxygen atoms in total. The average molecular weight is 329 g/mol. The molecule has 1 aliphatic carbocycles. The van der Waals surface area contributed by atoms with Crippen molar-refractivity contribution in [2.45, 2.75) is 45.4 Å². The van der Waals surface area contributed by atoms with E-state index in [1.165, 1.54) is 25.6 Å². The zero-order valence-electron chi connectivity index (χ0n) is 14.1. The van der Waals surface area contributed by atoms with Gasteiger partial charge in [-0.15, -0.1) is 0 Å². The molecule has 0 aliphatic heterocycles. The lowest BCUT2D eigenvalue weighted by atomic mass is 9.80. The Morgan fingerprint density at radius 3 is 2.88 bits per heavy atom. The largest absolute Gasteiger partial charge is 0.476 e. The highest BCUT2D eigenvalue weighted by Crippen LogP contribution is 2.37. The number of furan rings is 1. The van der Waals surface area contributed by atoms with E-state index in [1.54, 1.807) is 6.92 Å². The summed E-state index contributed by atoms with van der Waals surface area (Å²) in [7, 11) is 0. The number of hydrogen-bond donors (Lipinski definition) is 2. The highest BCUT2D eigenvalue weighted by Gasteiger charge is 2.25. The molecule has 2 aromatic rings. The van der Waals surface area contributed by atoms with E-state index in [1.807, 2.05) is 13.0 Å². The van der Waals surface area contributed by atoms with Crippen LogP contribution in [0, 0.1) is 19.8 Å². The standard InChI is InChI=1S/C18H23N3O3/c1-11-6-7-15(24-11)14-5-3-4-13(8-14)9-19-17-12(2)16(18(22)23)20-10-21-17/h6-7,10,13-14H,3-5,8-9H2,1-2H3,(H,22,23)(H,19,20,21)/t13?,14-/m0/s1. The highest BCUT2D eigenvalue weighted by molar-refractivity contribution is 5.88. The first kappa shape index (κ1) is 16.5. The van der Waals surface area contributed by atoms with Gasteiger partial charge in [0.1, 0.15) is 23.7 Å². The van der Waals surface area contributed by atoms with Crippen LogP contribution in [-0.4, -0.2) is 27.6 Å². The molecule has 2 N–H and O–H groups in total. The van der Waals surface area contributed by atoms with Crippen LogP contribution in [0.4, 0.5) is 5.82 Å². The summed E-state index contributed by atoms with van der Waals surface area (Å²) in [5.74, 6) is 2.63. The van der Waals surface area contributed by atoms with Crippen molar-refractivity contribution in [3.8, 4) is 0 Å². The van der Waals surface area contributed by atoms with E-state index in [2.05, 4.69) is 21.4 Å². The smallest absolute Gasteiger partial charge is 0.354 e. The Morgan fingerprint density at radius 1 is 1.33 bits per heavy atom. The maximum Gasteiger partial charge on any atom is 0.354 e. The summed E-state index contributed by atoms with van der Waals surface area (Å²) in [6, 6.07) is 4.11. The van der Waals surface area contributed by atoms with Crippen molar-refractivity contribution >= 4 is 11.8 Å². The van der Waals surface area contributed by atoms with Crippen molar-refractivity contribution < 1.29 is 14.3 Å². The fraction of sp³-hybridized carbons (Fsp3) is 0.500. The van der Waals surface area contributed by atoms with E-state index in [0.29, 0.717) is 23.2 Å². The Kier molecular flexibility index (Phi) is 4.83. The van der Waals surface area contributed by atoms with Crippen LogP contribution in [0.15, 0.2) is 22.9 Å². The molecular weight excluding hydrogens is 306 g/mol. The molecular formula is C18H23N3O3. The molecule has 128 valence electrons. The van der Waals surface area contributed by atoms with E-state index in [9.17, 15) is 4.79 Å². The van der Waals surface area contributed by atoms with Crippen LogP contribution in [0.1, 0.15) is 59.2 Å². The fourth-order valence-electron chi connectivity index (χ4n) is 3.49. The number of nitrogens with one attached hydrogen (secondary N) is 1. The fourth-order valence-corrected chi connectivity index (χ4v) is 3.49. The molecule has 0 spiro atoms. The second-order valence-corrected chi connectivity index (χ2v) is 6.56. The third-order valence-electron chi connectivity index (χ3n) is 4.79. The summed E-state index contributed by atoms with van der Waals surface area (Å²) in [6.07, 6.45) is 5.89. The maximum absolute atomic E-state index is 11.2. The van der Waals surface area contributed by atoms with E-state index in [0.717, 1.165) is 24.5 Å². The average Bonchev–Trinajstić information content (AvgIpc) is 3.00. The van der Waals surface area contributed by atoms with E-state index in [-0.39, 0.29) is 5.69 Å². The lowest BCUT2D eigenvalue weighted by molar-refractivity contribution is 0.0689. The molecule has 24 heavy (non-hydrogen) atoms. The number of nitrogens with zero attached hydrogens (tertiary/aromatic N) is 2. The van der Waals surface area contributed by atoms with Crippen LogP contribution in [0.3, 0.4) is 0 Å². The molecule has 1 saturated carbocycles. The van der Waals surface area contributed by atoms with E-state index < -0.39 is 5.97 Å². The molecule has 0 radical (unpaired) electrons. The van der Waals surface area contributed by atoms with E-state index in [4.69, 9.17) is 9.52 Å². The van der Waals surface area contributed by atoms with Crippen LogP contribution in [0.5, 0.6) is 0 Å². The zero-order valence-corrected chi connectivity index (χ0v) is 14.1. The van der Waals surface area contributed by atoms with Crippen molar-refractivity contribution in [2.24, 2.45) is 5.92 Å². The first-order valence-corrected chi connectivity index (χ1v) is 8.39. The minimum atomic E-state index is -1.02. The van der Waals surface area contributed by atoms with Gasteiger partial charge >= 0.3 is 5.97 Å². The highest BCUT2D eigenvalue weighted by atomic mass is 16.4. The minimum Gasteiger partial charge on any atom is -0.476 e. The van der Waals surface area contributed by atoms with Crippen molar-refractivity contribution in [1.29, 1.82) is 0 Å². The van der Waals surface area contributed by atoms with Gasteiger partial charge in [0, 0.05) is 18.0 Å². The minimum absolute atomic E-state index is 0.0556. The summed E-state index contributed by atoms with van der Waals surface area (Å²) in [4.78, 5) is 19.2. The summed E-state index contributed by atoms with van der Waals surface area (Å²) < 4.78 is 5.79. The molecule has 1 fully saturated rings. The lowest BCUT2D eigenvalue weighted by Gasteiger charge is -2.28. The Morgan fingerprint density at radius 2 is 2.17 bits per heavy atom. The number of carboxylic acid groups (broad SMARTS) is 1. The molecule has 6 heteroatoms. The topological polar surface area (TPSA) is 88.2 Å². The summed E-state index contributed by atoms with van der Waals surface area (Å²) in [6.45, 7) is 4.50. The molecule has 0 amide bonds. The first-order valence-electron chi connectivity index (χ1n) is 8.39. The maximum atomic E-state index is 11.2. The van der Waals surface area contributed by atoms with Gasteiger partial charge in [0.05, 0.1) is 0 Å². The number of anilines is 1. The van der Waals surface area contributed by atoms with Gasteiger partial charge in [-0.25, -0.2) is 14.8 Å². The third kappa shape index (κ3) is 3.58. The van der Waals surface area contributed by atoms with Gasteiger partial charge in [0.15, 0.2) is 5.69 Å².